The van der Waals surface area contributed by atoms with E-state index in [1.165, 1.54) is 38.5 Å². The van der Waals surface area contributed by atoms with Crippen molar-refractivity contribution < 1.29 is 9.53 Å². The van der Waals surface area contributed by atoms with Gasteiger partial charge in [-0.3, -0.25) is 4.79 Å². The SMILES string of the molecule is CC(C)CC1(C(=O)C2CCOC3(CCCC3)C2)CCCC1. The summed E-state index contributed by atoms with van der Waals surface area (Å²) in [7, 11) is 0. The Labute approximate surface area is 130 Å². The third-order valence-electron chi connectivity index (χ3n) is 6.26. The van der Waals surface area contributed by atoms with Crippen LogP contribution in [-0.4, -0.2) is 18.0 Å². The average Bonchev–Trinajstić information content (AvgIpc) is 3.08. The highest BCUT2D eigenvalue weighted by Crippen LogP contribution is 2.49. The second-order valence-corrected chi connectivity index (χ2v) is 8.38. The number of ketones is 1. The maximum Gasteiger partial charge on any atom is 0.142 e. The van der Waals surface area contributed by atoms with Crippen molar-refractivity contribution >= 4 is 5.78 Å². The standard InChI is InChI=1S/C19H32O2/c1-15(2)13-18(8-3-4-9-18)17(20)16-7-12-21-19(14-16)10-5-6-11-19/h15-16H,3-14H2,1-2H3. The largest absolute Gasteiger partial charge is 0.375 e. The van der Waals surface area contributed by atoms with Crippen molar-refractivity contribution in [3.63, 3.8) is 0 Å². The molecule has 0 aromatic carbocycles. The van der Waals surface area contributed by atoms with Gasteiger partial charge in [-0.15, -0.1) is 0 Å². The van der Waals surface area contributed by atoms with Gasteiger partial charge in [-0.2, -0.15) is 0 Å². The molecule has 1 aliphatic heterocycles. The van der Waals surface area contributed by atoms with Crippen molar-refractivity contribution in [1.29, 1.82) is 0 Å². The summed E-state index contributed by atoms with van der Waals surface area (Å²) in [6.45, 7) is 5.36. The van der Waals surface area contributed by atoms with E-state index in [1.54, 1.807) is 0 Å². The maximum atomic E-state index is 13.3. The molecule has 120 valence electrons. The van der Waals surface area contributed by atoms with Crippen molar-refractivity contribution in [1.82, 2.24) is 0 Å². The summed E-state index contributed by atoms with van der Waals surface area (Å²) in [6, 6.07) is 0. The molecular formula is C19H32O2. The zero-order chi connectivity index (χ0) is 14.9. The lowest BCUT2D eigenvalue weighted by Gasteiger charge is -2.41. The van der Waals surface area contributed by atoms with Crippen LogP contribution in [0.25, 0.3) is 0 Å². The van der Waals surface area contributed by atoms with Gasteiger partial charge in [-0.05, 0) is 50.9 Å². The topological polar surface area (TPSA) is 26.3 Å². The Morgan fingerprint density at radius 1 is 1.10 bits per heavy atom. The highest BCUT2D eigenvalue weighted by molar-refractivity contribution is 5.87. The molecule has 1 unspecified atom stereocenters. The zero-order valence-corrected chi connectivity index (χ0v) is 14.0. The van der Waals surface area contributed by atoms with Gasteiger partial charge >= 0.3 is 0 Å². The predicted octanol–water partition coefficient (Wildman–Crippen LogP) is 4.90. The first-order valence-corrected chi connectivity index (χ1v) is 9.24. The second-order valence-electron chi connectivity index (χ2n) is 8.38. The van der Waals surface area contributed by atoms with Gasteiger partial charge in [0.2, 0.25) is 0 Å². The molecule has 2 nitrogen and oxygen atoms in total. The summed E-state index contributed by atoms with van der Waals surface area (Å²) in [4.78, 5) is 13.3. The van der Waals surface area contributed by atoms with Gasteiger partial charge in [0, 0.05) is 17.9 Å². The van der Waals surface area contributed by atoms with Crippen molar-refractivity contribution in [2.75, 3.05) is 6.61 Å². The Kier molecular flexibility index (Phi) is 4.45. The van der Waals surface area contributed by atoms with Crippen LogP contribution in [0.1, 0.15) is 84.5 Å². The Morgan fingerprint density at radius 2 is 1.71 bits per heavy atom. The summed E-state index contributed by atoms with van der Waals surface area (Å²) in [5.74, 6) is 1.53. The molecule has 0 radical (unpaired) electrons. The first-order valence-electron chi connectivity index (χ1n) is 9.24. The molecule has 2 aliphatic carbocycles. The average molecular weight is 292 g/mol. The van der Waals surface area contributed by atoms with Crippen molar-refractivity contribution in [3.05, 3.63) is 0 Å². The molecule has 2 saturated carbocycles. The fraction of sp³-hybridized carbons (Fsp3) is 0.947. The number of hydrogen-bond donors (Lipinski definition) is 0. The van der Waals surface area contributed by atoms with Crippen molar-refractivity contribution in [2.45, 2.75) is 90.1 Å². The van der Waals surface area contributed by atoms with Gasteiger partial charge in [-0.1, -0.05) is 39.5 Å². The zero-order valence-electron chi connectivity index (χ0n) is 14.0. The van der Waals surface area contributed by atoms with E-state index in [4.69, 9.17) is 4.74 Å². The summed E-state index contributed by atoms with van der Waals surface area (Å²) in [5.41, 5.74) is 0.103. The van der Waals surface area contributed by atoms with E-state index in [-0.39, 0.29) is 16.9 Å². The Balaban J connectivity index is 1.73. The number of carbonyl (C=O) groups excluding carboxylic acids is 1. The molecule has 1 atom stereocenters. The molecule has 1 heterocycles. The lowest BCUT2D eigenvalue weighted by molar-refractivity contribution is -0.146. The van der Waals surface area contributed by atoms with Crippen LogP contribution >= 0.6 is 0 Å². The Morgan fingerprint density at radius 3 is 2.33 bits per heavy atom. The molecule has 0 amide bonds. The number of Topliss-reactive ketones (excluding diaryl/α,β-unsaturated/α-hetero) is 1. The smallest absolute Gasteiger partial charge is 0.142 e. The number of hydrogen-bond acceptors (Lipinski definition) is 2. The van der Waals surface area contributed by atoms with E-state index in [2.05, 4.69) is 13.8 Å². The molecule has 3 aliphatic rings. The number of carbonyl (C=O) groups is 1. The molecule has 2 heteroatoms. The van der Waals surface area contributed by atoms with Crippen molar-refractivity contribution in [2.24, 2.45) is 17.3 Å². The fourth-order valence-electron chi connectivity index (χ4n) is 5.44. The quantitative estimate of drug-likeness (QED) is 0.736. The van der Waals surface area contributed by atoms with Crippen LogP contribution in [0.3, 0.4) is 0 Å². The molecule has 1 saturated heterocycles. The van der Waals surface area contributed by atoms with E-state index >= 15 is 0 Å². The Hall–Kier alpha value is -0.370. The van der Waals surface area contributed by atoms with E-state index in [0.717, 1.165) is 38.7 Å². The first-order chi connectivity index (χ1) is 10.1. The van der Waals surface area contributed by atoms with Crippen LogP contribution in [0.2, 0.25) is 0 Å². The molecule has 1 spiro atoms. The molecule has 21 heavy (non-hydrogen) atoms. The van der Waals surface area contributed by atoms with Crippen molar-refractivity contribution in [3.8, 4) is 0 Å². The highest BCUT2D eigenvalue weighted by atomic mass is 16.5. The minimum atomic E-state index is 0.0238. The molecule has 0 aromatic rings. The van der Waals surface area contributed by atoms with Crippen LogP contribution in [0.15, 0.2) is 0 Å². The van der Waals surface area contributed by atoms with E-state index in [0.29, 0.717) is 11.7 Å². The minimum Gasteiger partial charge on any atom is -0.375 e. The minimum absolute atomic E-state index is 0.0238. The summed E-state index contributed by atoms with van der Waals surface area (Å²) >= 11 is 0. The summed E-state index contributed by atoms with van der Waals surface area (Å²) in [6.07, 6.45) is 12.9. The molecule has 0 N–H and O–H groups in total. The van der Waals surface area contributed by atoms with Gasteiger partial charge < -0.3 is 4.74 Å². The van der Waals surface area contributed by atoms with E-state index in [9.17, 15) is 4.79 Å². The van der Waals surface area contributed by atoms with Gasteiger partial charge in [0.1, 0.15) is 5.78 Å². The number of rotatable bonds is 4. The monoisotopic (exact) mass is 292 g/mol. The third-order valence-corrected chi connectivity index (χ3v) is 6.26. The molecule has 0 bridgehead atoms. The molecule has 3 rings (SSSR count). The van der Waals surface area contributed by atoms with Crippen LogP contribution in [0.5, 0.6) is 0 Å². The van der Waals surface area contributed by atoms with Crippen LogP contribution < -0.4 is 0 Å². The van der Waals surface area contributed by atoms with Gasteiger partial charge in [0.05, 0.1) is 5.60 Å². The highest BCUT2D eigenvalue weighted by Gasteiger charge is 2.48. The third kappa shape index (κ3) is 3.06. The van der Waals surface area contributed by atoms with Gasteiger partial charge in [0.25, 0.3) is 0 Å². The van der Waals surface area contributed by atoms with Crippen LogP contribution in [0, 0.1) is 17.3 Å². The molecule has 3 fully saturated rings. The molecule has 0 aromatic heterocycles. The van der Waals surface area contributed by atoms with E-state index in [1.807, 2.05) is 0 Å². The summed E-state index contributed by atoms with van der Waals surface area (Å²) < 4.78 is 6.13. The van der Waals surface area contributed by atoms with Crippen LogP contribution in [-0.2, 0) is 9.53 Å². The predicted molar refractivity (Wildman–Crippen MR) is 85.2 cm³/mol. The van der Waals surface area contributed by atoms with Gasteiger partial charge in [0.15, 0.2) is 0 Å². The van der Waals surface area contributed by atoms with E-state index < -0.39 is 0 Å². The summed E-state index contributed by atoms with van der Waals surface area (Å²) in [5, 5.41) is 0. The van der Waals surface area contributed by atoms with Gasteiger partial charge in [-0.25, -0.2) is 0 Å². The van der Waals surface area contributed by atoms with Crippen LogP contribution in [0.4, 0.5) is 0 Å². The maximum absolute atomic E-state index is 13.3. The lowest BCUT2D eigenvalue weighted by Crippen LogP contribution is -2.44. The second kappa shape index (κ2) is 6.02. The first kappa shape index (κ1) is 15.5. The Bertz CT molecular complexity index is 373. The lowest BCUT2D eigenvalue weighted by atomic mass is 9.68. The number of ether oxygens (including phenoxy) is 1. The molecular weight excluding hydrogens is 260 g/mol. The fourth-order valence-corrected chi connectivity index (χ4v) is 5.44. The normalized spacial score (nSPS) is 31.1.